The van der Waals surface area contributed by atoms with Crippen LogP contribution in [0.1, 0.15) is 40.2 Å². The van der Waals surface area contributed by atoms with Crippen LogP contribution in [0.2, 0.25) is 10.0 Å². The van der Waals surface area contributed by atoms with Gasteiger partial charge in [-0.05, 0) is 41.3 Å². The first-order valence-electron chi connectivity index (χ1n) is 10.0. The van der Waals surface area contributed by atoms with Gasteiger partial charge in [0.05, 0.1) is 23.6 Å². The van der Waals surface area contributed by atoms with Crippen molar-refractivity contribution in [3.63, 3.8) is 0 Å². The molecule has 1 aromatic heterocycles. The molecule has 2 atom stereocenters. The van der Waals surface area contributed by atoms with Crippen molar-refractivity contribution in [1.82, 2.24) is 4.57 Å². The van der Waals surface area contributed by atoms with Gasteiger partial charge in [0.1, 0.15) is 11.5 Å². The number of methoxy groups -OCH3 is 1. The molecule has 0 aliphatic rings. The highest BCUT2D eigenvalue weighted by molar-refractivity contribution is 6.33. The number of esters is 1. The second-order valence-corrected chi connectivity index (χ2v) is 8.45. The van der Waals surface area contributed by atoms with E-state index in [9.17, 15) is 22.8 Å². The molecule has 0 aliphatic carbocycles. The number of halogens is 5. The topological polar surface area (TPSA) is 57.5 Å². The number of hydrogen-bond donors (Lipinski definition) is 0. The predicted octanol–water partition coefficient (Wildman–Crippen LogP) is 6.72. The van der Waals surface area contributed by atoms with Crippen LogP contribution in [0.4, 0.5) is 13.2 Å². The fraction of sp³-hybridized carbons (Fsp3) is 0.250. The third-order valence-corrected chi connectivity index (χ3v) is 6.00. The van der Waals surface area contributed by atoms with Crippen LogP contribution in [-0.2, 0) is 11.8 Å². The minimum atomic E-state index is -4.58. The van der Waals surface area contributed by atoms with Gasteiger partial charge < -0.3 is 14.0 Å². The molecule has 1 heterocycles. The predicted molar refractivity (Wildman–Crippen MR) is 123 cm³/mol. The van der Waals surface area contributed by atoms with Gasteiger partial charge in [0.15, 0.2) is 0 Å². The maximum Gasteiger partial charge on any atom is 0.396 e. The second kappa shape index (κ2) is 10.1. The van der Waals surface area contributed by atoms with Crippen molar-refractivity contribution in [2.24, 2.45) is 7.05 Å². The van der Waals surface area contributed by atoms with Crippen LogP contribution in [0.5, 0.6) is 11.5 Å². The van der Waals surface area contributed by atoms with E-state index < -0.39 is 29.5 Å². The first-order chi connectivity index (χ1) is 15.9. The molecule has 0 spiro atoms. The van der Waals surface area contributed by atoms with E-state index in [1.54, 1.807) is 0 Å². The summed E-state index contributed by atoms with van der Waals surface area (Å²) in [4.78, 5) is 23.3. The van der Waals surface area contributed by atoms with Crippen molar-refractivity contribution < 1.29 is 27.4 Å². The Morgan fingerprint density at radius 1 is 1.00 bits per heavy atom. The first kappa shape index (κ1) is 25.6. The number of hydrogen-bond acceptors (Lipinski definition) is 4. The summed E-state index contributed by atoms with van der Waals surface area (Å²) in [6.45, 7) is 1.43. The summed E-state index contributed by atoms with van der Waals surface area (Å²) in [6.07, 6.45) is -3.39. The number of nitrogens with zero attached hydrogens (tertiary/aromatic N) is 1. The Kier molecular flexibility index (Phi) is 7.63. The van der Waals surface area contributed by atoms with Gasteiger partial charge in [-0.25, -0.2) is 4.79 Å². The lowest BCUT2D eigenvalue weighted by molar-refractivity contribution is -0.154. The Bertz CT molecular complexity index is 1270. The van der Waals surface area contributed by atoms with Crippen LogP contribution in [-0.4, -0.2) is 23.8 Å². The summed E-state index contributed by atoms with van der Waals surface area (Å²) in [5, 5.41) is 0.201. The van der Waals surface area contributed by atoms with E-state index in [1.807, 2.05) is 0 Å². The van der Waals surface area contributed by atoms with E-state index in [2.05, 4.69) is 4.74 Å². The minimum Gasteiger partial charge on any atom is -0.465 e. The van der Waals surface area contributed by atoms with Crippen LogP contribution >= 0.6 is 23.2 Å². The fourth-order valence-electron chi connectivity index (χ4n) is 3.65. The third-order valence-electron chi connectivity index (χ3n) is 5.36. The molecule has 0 radical (unpaired) electrons. The zero-order chi connectivity index (χ0) is 25.2. The molecule has 3 rings (SSSR count). The number of pyridine rings is 1. The fourth-order valence-corrected chi connectivity index (χ4v) is 4.24. The Balaban J connectivity index is 1.89. The van der Waals surface area contributed by atoms with Crippen molar-refractivity contribution in [1.29, 1.82) is 0 Å². The molecular formula is C24H20Cl2F3NO4. The number of carbonyl (C=O) groups excluding carboxylic acids is 1. The Hall–Kier alpha value is -2.97. The number of ether oxygens (including phenoxy) is 2. The van der Waals surface area contributed by atoms with E-state index in [0.717, 1.165) is 10.6 Å². The lowest BCUT2D eigenvalue weighted by atomic mass is 9.82. The van der Waals surface area contributed by atoms with Crippen molar-refractivity contribution >= 4 is 29.2 Å². The molecule has 0 fully saturated rings. The molecule has 0 saturated heterocycles. The Labute approximate surface area is 203 Å². The molecule has 5 nitrogen and oxygen atoms in total. The quantitative estimate of drug-likeness (QED) is 0.343. The zero-order valence-electron chi connectivity index (χ0n) is 18.3. The van der Waals surface area contributed by atoms with Crippen LogP contribution in [0.25, 0.3) is 0 Å². The van der Waals surface area contributed by atoms with Gasteiger partial charge in [0, 0.05) is 30.4 Å². The molecule has 0 aliphatic heterocycles. The molecule has 3 aromatic rings. The van der Waals surface area contributed by atoms with Gasteiger partial charge in [-0.2, -0.15) is 13.2 Å². The average Bonchev–Trinajstić information content (AvgIpc) is 2.75. The molecule has 1 unspecified atom stereocenters. The molecule has 0 bridgehead atoms. The van der Waals surface area contributed by atoms with Gasteiger partial charge >= 0.3 is 12.1 Å². The molecule has 2 aromatic carbocycles. The summed E-state index contributed by atoms with van der Waals surface area (Å²) in [5.41, 5.74) is -0.0185. The number of benzene rings is 2. The molecule has 34 heavy (non-hydrogen) atoms. The molecular weight excluding hydrogens is 494 g/mol. The van der Waals surface area contributed by atoms with Crippen LogP contribution in [0.3, 0.4) is 0 Å². The summed E-state index contributed by atoms with van der Waals surface area (Å²) in [6, 6.07) is 11.0. The largest absolute Gasteiger partial charge is 0.465 e. The molecule has 10 heteroatoms. The highest BCUT2D eigenvalue weighted by atomic mass is 35.5. The Morgan fingerprint density at radius 2 is 1.62 bits per heavy atom. The van der Waals surface area contributed by atoms with Gasteiger partial charge in [-0.15, -0.1) is 0 Å². The summed E-state index contributed by atoms with van der Waals surface area (Å²) < 4.78 is 53.5. The van der Waals surface area contributed by atoms with Gasteiger partial charge in [-0.1, -0.05) is 42.3 Å². The molecule has 0 N–H and O–H groups in total. The first-order valence-corrected chi connectivity index (χ1v) is 10.8. The highest BCUT2D eigenvalue weighted by Gasteiger charge is 2.45. The monoisotopic (exact) mass is 513 g/mol. The van der Waals surface area contributed by atoms with Crippen LogP contribution < -0.4 is 10.3 Å². The maximum atomic E-state index is 14.0. The molecule has 0 amide bonds. The molecule has 0 saturated carbocycles. The van der Waals surface area contributed by atoms with Gasteiger partial charge in [0.25, 0.3) is 0 Å². The summed E-state index contributed by atoms with van der Waals surface area (Å²) >= 11 is 12.4. The lowest BCUT2D eigenvalue weighted by Crippen LogP contribution is -2.28. The lowest BCUT2D eigenvalue weighted by Gasteiger charge is -2.28. The SMILES string of the molecule is COC(=O)c1ccc(Oc2ccc(C(C)[C@@H](c3ccc(=O)n(C)c3)C(F)(F)F)c(Cl)c2)cc1Cl. The number of aromatic nitrogens is 1. The molecule has 180 valence electrons. The second-order valence-electron chi connectivity index (χ2n) is 7.64. The van der Waals surface area contributed by atoms with Crippen molar-refractivity contribution in [2.45, 2.75) is 24.9 Å². The van der Waals surface area contributed by atoms with Crippen molar-refractivity contribution in [3.05, 3.63) is 91.8 Å². The normalized spacial score (nSPS) is 13.3. The van der Waals surface area contributed by atoms with E-state index in [0.29, 0.717) is 5.75 Å². The summed E-state index contributed by atoms with van der Waals surface area (Å²) in [5.74, 6) is -2.96. The Morgan fingerprint density at radius 3 is 2.15 bits per heavy atom. The third kappa shape index (κ3) is 5.56. The van der Waals surface area contributed by atoms with E-state index >= 15 is 0 Å². The number of carbonyl (C=O) groups is 1. The maximum absolute atomic E-state index is 14.0. The smallest absolute Gasteiger partial charge is 0.396 e. The number of aryl methyl sites for hydroxylation is 1. The van der Waals surface area contributed by atoms with Gasteiger partial charge in [-0.3, -0.25) is 4.79 Å². The van der Waals surface area contributed by atoms with Crippen molar-refractivity contribution in [3.8, 4) is 11.5 Å². The standard InChI is InChI=1S/C24H20Cl2F3NO4/c1-13(22(24(27,28)29)14-4-9-21(31)30(2)12-14)17-7-5-15(10-19(17)25)34-16-6-8-18(20(26)11-16)23(32)33-3/h4-13,22H,1-3H3/t13?,22-/m0/s1. The van der Waals surface area contributed by atoms with Crippen LogP contribution in [0.15, 0.2) is 59.5 Å². The van der Waals surface area contributed by atoms with Gasteiger partial charge in [0.2, 0.25) is 5.56 Å². The highest BCUT2D eigenvalue weighted by Crippen LogP contribution is 2.46. The van der Waals surface area contributed by atoms with Crippen molar-refractivity contribution in [2.75, 3.05) is 7.11 Å². The summed E-state index contributed by atoms with van der Waals surface area (Å²) in [7, 11) is 2.63. The van der Waals surface area contributed by atoms with Crippen LogP contribution in [0, 0.1) is 0 Å². The van der Waals surface area contributed by atoms with E-state index in [-0.39, 0.29) is 32.5 Å². The zero-order valence-corrected chi connectivity index (χ0v) is 19.8. The van der Waals surface area contributed by atoms with E-state index in [4.69, 9.17) is 27.9 Å². The minimum absolute atomic E-state index is 0.0427. The average molecular weight is 514 g/mol. The number of alkyl halides is 3. The number of rotatable bonds is 6. The van der Waals surface area contributed by atoms with E-state index in [1.165, 1.54) is 69.7 Å².